The average molecular weight is 295 g/mol. The van der Waals surface area contributed by atoms with Gasteiger partial charge in [-0.3, -0.25) is 20.3 Å². The predicted molar refractivity (Wildman–Crippen MR) is 80.3 cm³/mol. The molecule has 0 aliphatic carbocycles. The zero-order valence-electron chi connectivity index (χ0n) is 11.9. The Kier molecular flexibility index (Phi) is 8.99. The molecule has 0 amide bonds. The van der Waals surface area contributed by atoms with Crippen LogP contribution in [0.15, 0.2) is 0 Å². The Morgan fingerprint density at radius 3 is 2.11 bits per heavy atom. The Morgan fingerprint density at radius 2 is 1.72 bits per heavy atom. The molecule has 0 spiro atoms. The van der Waals surface area contributed by atoms with E-state index in [0.29, 0.717) is 25.0 Å². The van der Waals surface area contributed by atoms with Crippen LogP contribution in [0.3, 0.4) is 0 Å². The molecule has 7 heteroatoms. The molecule has 0 aromatic carbocycles. The fourth-order valence-corrected chi connectivity index (χ4v) is 5.38. The van der Waals surface area contributed by atoms with Gasteiger partial charge in [0.1, 0.15) is 0 Å². The molecule has 0 unspecified atom stereocenters. The first-order chi connectivity index (χ1) is 8.29. The maximum absolute atomic E-state index is 11.2. The number of hydrogen-bond donors (Lipinski definition) is 3. The highest BCUT2D eigenvalue weighted by molar-refractivity contribution is 8.12. The summed E-state index contributed by atoms with van der Waals surface area (Å²) in [7, 11) is 0. The third-order valence-electron chi connectivity index (χ3n) is 1.84. The molecule has 18 heavy (non-hydrogen) atoms. The van der Waals surface area contributed by atoms with Gasteiger partial charge in [-0.25, -0.2) is 0 Å². The lowest BCUT2D eigenvalue weighted by Gasteiger charge is -2.29. The van der Waals surface area contributed by atoms with E-state index < -0.39 is 6.34 Å². The molecule has 0 radical (unpaired) electrons. The van der Waals surface area contributed by atoms with E-state index in [9.17, 15) is 4.79 Å². The minimum atomic E-state index is -1.89. The number of hydrogen-bond acceptors (Lipinski definition) is 4. The van der Waals surface area contributed by atoms with Crippen molar-refractivity contribution in [3.8, 4) is 0 Å². The van der Waals surface area contributed by atoms with Crippen LogP contribution in [0, 0.1) is 0 Å². The molecule has 0 rings (SSSR count). The highest BCUT2D eigenvalue weighted by Gasteiger charge is 2.18. The maximum atomic E-state index is 11.2. The van der Waals surface area contributed by atoms with Crippen molar-refractivity contribution in [2.45, 2.75) is 46.7 Å². The van der Waals surface area contributed by atoms with Crippen molar-refractivity contribution in [2.75, 3.05) is 19.4 Å². The molecule has 0 fully saturated rings. The lowest BCUT2D eigenvalue weighted by atomic mass is 10.4. The number of esters is 1. The first kappa shape index (κ1) is 18.0. The van der Waals surface area contributed by atoms with Crippen LogP contribution in [0.4, 0.5) is 0 Å². The Hall–Kier alpha value is -0.0000000000000000694. The first-order valence-electron chi connectivity index (χ1n) is 6.30. The van der Waals surface area contributed by atoms with Crippen molar-refractivity contribution in [2.24, 2.45) is 0 Å². The minimum absolute atomic E-state index is 0.200. The van der Waals surface area contributed by atoms with Gasteiger partial charge in [-0.05, 0) is 34.6 Å². The summed E-state index contributed by atoms with van der Waals surface area (Å²) in [5, 5.41) is 9.85. The predicted octanol–water partition coefficient (Wildman–Crippen LogP) is 1.40. The number of ether oxygens (including phenoxy) is 1. The van der Waals surface area contributed by atoms with Crippen LogP contribution in [0.2, 0.25) is 0 Å². The summed E-state index contributed by atoms with van der Waals surface area (Å²) in [6.07, 6.45) is -1.31. The number of nitrogens with one attached hydrogen (secondary N) is 3. The minimum Gasteiger partial charge on any atom is -0.465 e. The summed E-state index contributed by atoms with van der Waals surface area (Å²) >= 11 is 5.65. The van der Waals surface area contributed by atoms with E-state index >= 15 is 0 Å². The van der Waals surface area contributed by atoms with Crippen LogP contribution < -0.4 is 15.5 Å². The molecule has 0 saturated heterocycles. The van der Waals surface area contributed by atoms with E-state index in [1.165, 1.54) is 0 Å². The molecule has 5 nitrogen and oxygen atoms in total. The van der Waals surface area contributed by atoms with Gasteiger partial charge in [0, 0.05) is 12.1 Å². The molecule has 0 atom stereocenters. The number of carbonyl (C=O) groups excluding carboxylic acids is 1. The van der Waals surface area contributed by atoms with Crippen molar-refractivity contribution in [1.82, 2.24) is 15.5 Å². The fourth-order valence-electron chi connectivity index (χ4n) is 1.49. The van der Waals surface area contributed by atoms with Gasteiger partial charge in [0.2, 0.25) is 0 Å². The van der Waals surface area contributed by atoms with E-state index in [0.717, 1.165) is 0 Å². The molecule has 108 valence electrons. The van der Waals surface area contributed by atoms with Crippen LogP contribution in [0.25, 0.3) is 0 Å². The van der Waals surface area contributed by atoms with Gasteiger partial charge < -0.3 is 4.74 Å². The van der Waals surface area contributed by atoms with E-state index in [1.54, 1.807) is 6.92 Å². The molecule has 0 heterocycles. The molecule has 3 N–H and O–H groups in total. The summed E-state index contributed by atoms with van der Waals surface area (Å²) in [4.78, 5) is 11.2. The van der Waals surface area contributed by atoms with Crippen LogP contribution in [-0.4, -0.2) is 37.5 Å². The standard InChI is InChI=1S/C11H26N3O2PS/c1-6-16-11(15)7-12-8-17(18,13-9(2)3)14-10(4)5/h9-10,12H,6-8H2,1-5H3,(H2,13,14,18). The molecule has 0 aliphatic rings. The molecule has 0 saturated carbocycles. The molecule has 0 aromatic rings. The summed E-state index contributed by atoms with van der Waals surface area (Å²) < 4.78 is 4.85. The highest BCUT2D eigenvalue weighted by atomic mass is 32.4. The van der Waals surface area contributed by atoms with Gasteiger partial charge in [-0.15, -0.1) is 0 Å². The number of rotatable bonds is 9. The van der Waals surface area contributed by atoms with Gasteiger partial charge in [-0.2, -0.15) is 0 Å². The monoisotopic (exact) mass is 295 g/mol. The van der Waals surface area contributed by atoms with Crippen molar-refractivity contribution in [1.29, 1.82) is 0 Å². The molecular weight excluding hydrogens is 269 g/mol. The van der Waals surface area contributed by atoms with Gasteiger partial charge in [0.15, 0.2) is 0 Å². The van der Waals surface area contributed by atoms with Gasteiger partial charge >= 0.3 is 5.97 Å². The Balaban J connectivity index is 4.25. The van der Waals surface area contributed by atoms with Crippen LogP contribution >= 0.6 is 6.34 Å². The van der Waals surface area contributed by atoms with Crippen LogP contribution in [0.1, 0.15) is 34.6 Å². The molecule has 0 aliphatic heterocycles. The summed E-state index contributed by atoms with van der Waals surface area (Å²) in [6, 6.07) is 0.623. The normalized spacial score (nSPS) is 12.2. The third kappa shape index (κ3) is 9.00. The van der Waals surface area contributed by atoms with E-state index in [4.69, 9.17) is 16.5 Å². The zero-order chi connectivity index (χ0) is 14.2. The average Bonchev–Trinajstić information content (AvgIpc) is 2.14. The zero-order valence-corrected chi connectivity index (χ0v) is 13.7. The smallest absolute Gasteiger partial charge is 0.319 e. The SMILES string of the molecule is CCOC(=O)CNCP(=S)(NC(C)C)NC(C)C. The first-order valence-corrected chi connectivity index (χ1v) is 9.28. The second-order valence-electron chi connectivity index (χ2n) is 4.70. The molecule has 0 bridgehead atoms. The maximum Gasteiger partial charge on any atom is 0.319 e. The Labute approximate surface area is 116 Å². The summed E-state index contributed by atoms with van der Waals surface area (Å²) in [5.74, 6) is -0.242. The fraction of sp³-hybridized carbons (Fsp3) is 0.909. The number of carbonyl (C=O) groups is 1. The molecule has 0 aromatic heterocycles. The Bertz CT molecular complexity index is 284. The lowest BCUT2D eigenvalue weighted by molar-refractivity contribution is -0.141. The lowest BCUT2D eigenvalue weighted by Crippen LogP contribution is -2.37. The van der Waals surface area contributed by atoms with E-state index in [-0.39, 0.29) is 12.5 Å². The van der Waals surface area contributed by atoms with E-state index in [1.807, 2.05) is 0 Å². The van der Waals surface area contributed by atoms with Gasteiger partial charge in [-0.1, -0.05) is 11.8 Å². The second-order valence-corrected chi connectivity index (χ2v) is 8.88. The second kappa shape index (κ2) is 8.99. The molecular formula is C11H26N3O2PS. The van der Waals surface area contributed by atoms with Crippen molar-refractivity contribution in [3.05, 3.63) is 0 Å². The van der Waals surface area contributed by atoms with Gasteiger partial charge in [0.05, 0.1) is 25.8 Å². The van der Waals surface area contributed by atoms with Crippen molar-refractivity contribution < 1.29 is 9.53 Å². The van der Waals surface area contributed by atoms with Crippen molar-refractivity contribution in [3.63, 3.8) is 0 Å². The topological polar surface area (TPSA) is 62.4 Å². The van der Waals surface area contributed by atoms with Crippen molar-refractivity contribution >= 4 is 24.1 Å². The highest BCUT2D eigenvalue weighted by Crippen LogP contribution is 2.36. The third-order valence-corrected chi connectivity index (χ3v) is 5.40. The largest absolute Gasteiger partial charge is 0.465 e. The van der Waals surface area contributed by atoms with Gasteiger partial charge in [0.25, 0.3) is 0 Å². The summed E-state index contributed by atoms with van der Waals surface area (Å²) in [5.41, 5.74) is 0. The van der Waals surface area contributed by atoms with Crippen LogP contribution in [0.5, 0.6) is 0 Å². The summed E-state index contributed by atoms with van der Waals surface area (Å²) in [6.45, 7) is 10.7. The van der Waals surface area contributed by atoms with E-state index in [2.05, 4.69) is 43.2 Å². The van der Waals surface area contributed by atoms with Crippen LogP contribution in [-0.2, 0) is 21.3 Å². The quantitative estimate of drug-likeness (QED) is 0.441. The Morgan fingerprint density at radius 1 is 1.22 bits per heavy atom.